The minimum absolute atomic E-state index is 0.0642. The molecule has 0 aromatic heterocycles. The Kier molecular flexibility index (Phi) is 12.2. The van der Waals surface area contributed by atoms with Crippen molar-refractivity contribution in [3.05, 3.63) is 0 Å². The summed E-state index contributed by atoms with van der Waals surface area (Å²) in [5.74, 6) is 0. The van der Waals surface area contributed by atoms with Crippen LogP contribution in [0.1, 0.15) is 90.4 Å². The van der Waals surface area contributed by atoms with Crippen molar-refractivity contribution < 1.29 is 9.84 Å². The molecule has 1 fully saturated rings. The first-order valence-electron chi connectivity index (χ1n) is 9.35. The molecule has 0 aliphatic carbocycles. The van der Waals surface area contributed by atoms with Crippen LogP contribution in [0.25, 0.3) is 0 Å². The van der Waals surface area contributed by atoms with E-state index in [1.807, 2.05) is 0 Å². The Bertz CT molecular complexity index is 223. The van der Waals surface area contributed by atoms with Crippen LogP contribution in [0.15, 0.2) is 0 Å². The highest BCUT2D eigenvalue weighted by atomic mass is 16.5. The Morgan fingerprint density at radius 3 is 1.90 bits per heavy atom. The van der Waals surface area contributed by atoms with E-state index in [2.05, 4.69) is 12.2 Å². The Balaban J connectivity index is 1.76. The summed E-state index contributed by atoms with van der Waals surface area (Å²) < 4.78 is 5.53. The Morgan fingerprint density at radius 2 is 1.38 bits per heavy atom. The van der Waals surface area contributed by atoms with Gasteiger partial charge in [-0.2, -0.15) is 0 Å². The fraction of sp³-hybridized carbons (Fsp3) is 1.00. The molecule has 0 bridgehead atoms. The van der Waals surface area contributed by atoms with Gasteiger partial charge in [0, 0.05) is 6.54 Å². The van der Waals surface area contributed by atoms with Crippen LogP contribution in [-0.4, -0.2) is 30.6 Å². The normalized spacial score (nSPS) is 22.6. The zero-order valence-electron chi connectivity index (χ0n) is 14.1. The van der Waals surface area contributed by atoms with Crippen LogP contribution < -0.4 is 5.32 Å². The molecule has 1 heterocycles. The quantitative estimate of drug-likeness (QED) is 0.496. The van der Waals surface area contributed by atoms with Crippen molar-refractivity contribution >= 4 is 0 Å². The second-order valence-corrected chi connectivity index (χ2v) is 6.55. The van der Waals surface area contributed by atoms with Crippen molar-refractivity contribution in [3.63, 3.8) is 0 Å². The van der Waals surface area contributed by atoms with Crippen LogP contribution in [-0.2, 0) is 4.74 Å². The topological polar surface area (TPSA) is 41.5 Å². The summed E-state index contributed by atoms with van der Waals surface area (Å²) in [5.41, 5.74) is 0. The van der Waals surface area contributed by atoms with Gasteiger partial charge in [-0.25, -0.2) is 0 Å². The lowest BCUT2D eigenvalue weighted by atomic mass is 10.0. The molecule has 1 rings (SSSR count). The van der Waals surface area contributed by atoms with Gasteiger partial charge in [-0.3, -0.25) is 5.32 Å². The number of aliphatic hydroxyl groups excluding tert-OH is 1. The van der Waals surface area contributed by atoms with Crippen molar-refractivity contribution in [2.24, 2.45) is 0 Å². The molecule has 2 unspecified atom stereocenters. The maximum atomic E-state index is 9.76. The van der Waals surface area contributed by atoms with Crippen LogP contribution in [0.2, 0.25) is 0 Å². The van der Waals surface area contributed by atoms with Gasteiger partial charge < -0.3 is 9.84 Å². The van der Waals surface area contributed by atoms with Gasteiger partial charge in [-0.05, 0) is 6.42 Å². The van der Waals surface area contributed by atoms with Gasteiger partial charge in [0.05, 0.1) is 18.9 Å². The first kappa shape index (κ1) is 18.9. The number of rotatable bonds is 13. The largest absolute Gasteiger partial charge is 0.389 e. The smallest absolute Gasteiger partial charge is 0.0971 e. The molecule has 0 amide bonds. The molecule has 1 aliphatic rings. The Hall–Kier alpha value is -0.120. The van der Waals surface area contributed by atoms with Gasteiger partial charge in [0.15, 0.2) is 0 Å². The predicted molar refractivity (Wildman–Crippen MR) is 89.4 cm³/mol. The molecule has 0 radical (unpaired) electrons. The molecule has 0 aromatic rings. The number of nitrogens with one attached hydrogen (secondary N) is 1. The highest BCUT2D eigenvalue weighted by Gasteiger charge is 2.22. The van der Waals surface area contributed by atoms with E-state index in [0.29, 0.717) is 13.3 Å². The van der Waals surface area contributed by atoms with Crippen LogP contribution in [0.5, 0.6) is 0 Å². The highest BCUT2D eigenvalue weighted by molar-refractivity contribution is 4.74. The number of hydrogen-bond donors (Lipinski definition) is 2. The van der Waals surface area contributed by atoms with Crippen LogP contribution >= 0.6 is 0 Å². The monoisotopic (exact) mass is 299 g/mol. The minimum Gasteiger partial charge on any atom is -0.389 e. The molecule has 126 valence electrons. The number of ether oxygens (including phenoxy) is 1. The van der Waals surface area contributed by atoms with E-state index in [1.165, 1.54) is 77.0 Å². The van der Waals surface area contributed by atoms with Gasteiger partial charge in [0.2, 0.25) is 0 Å². The highest BCUT2D eigenvalue weighted by Crippen LogP contribution is 2.15. The summed E-state index contributed by atoms with van der Waals surface area (Å²) in [5, 5.41) is 12.8. The van der Waals surface area contributed by atoms with E-state index >= 15 is 0 Å². The van der Waals surface area contributed by atoms with Gasteiger partial charge in [-0.1, -0.05) is 84.0 Å². The van der Waals surface area contributed by atoms with Crippen LogP contribution in [0.4, 0.5) is 0 Å². The SMILES string of the molecule is CCCCCCCCCCCCCCC1OCNCC1O. The molecular formula is C18H37NO2. The first-order valence-corrected chi connectivity index (χ1v) is 9.35. The molecule has 0 spiro atoms. The molecule has 0 saturated carbocycles. The molecule has 0 aromatic carbocycles. The molecule has 3 heteroatoms. The zero-order chi connectivity index (χ0) is 15.2. The zero-order valence-corrected chi connectivity index (χ0v) is 14.1. The lowest BCUT2D eigenvalue weighted by Crippen LogP contribution is -2.45. The summed E-state index contributed by atoms with van der Waals surface area (Å²) in [4.78, 5) is 0. The number of unbranched alkanes of at least 4 members (excludes halogenated alkanes) is 11. The maximum Gasteiger partial charge on any atom is 0.0971 e. The third-order valence-electron chi connectivity index (χ3n) is 4.52. The van der Waals surface area contributed by atoms with Gasteiger partial charge in [0.1, 0.15) is 0 Å². The summed E-state index contributed by atoms with van der Waals surface area (Å²) in [6, 6.07) is 0. The average Bonchev–Trinajstić information content (AvgIpc) is 2.50. The average molecular weight is 299 g/mol. The van der Waals surface area contributed by atoms with E-state index in [-0.39, 0.29) is 12.2 Å². The van der Waals surface area contributed by atoms with E-state index < -0.39 is 0 Å². The molecule has 21 heavy (non-hydrogen) atoms. The Morgan fingerprint density at radius 1 is 0.857 bits per heavy atom. The van der Waals surface area contributed by atoms with Gasteiger partial charge in [0.25, 0.3) is 0 Å². The van der Waals surface area contributed by atoms with Crippen molar-refractivity contribution in [1.82, 2.24) is 5.32 Å². The third-order valence-corrected chi connectivity index (χ3v) is 4.52. The summed E-state index contributed by atoms with van der Waals surface area (Å²) in [7, 11) is 0. The number of β-amino-alcohol motifs (C(OH)–C–C–N with tert-alkyl or cyclic N) is 1. The van der Waals surface area contributed by atoms with Crippen molar-refractivity contribution in [3.8, 4) is 0 Å². The second kappa shape index (κ2) is 13.5. The van der Waals surface area contributed by atoms with Crippen molar-refractivity contribution in [2.45, 2.75) is 103 Å². The summed E-state index contributed by atoms with van der Waals surface area (Å²) in [6.07, 6.45) is 17.3. The fourth-order valence-corrected chi connectivity index (χ4v) is 3.08. The first-order chi connectivity index (χ1) is 10.3. The van der Waals surface area contributed by atoms with Crippen molar-refractivity contribution in [2.75, 3.05) is 13.3 Å². The lowest BCUT2D eigenvalue weighted by Gasteiger charge is -2.28. The number of aliphatic hydroxyl groups is 1. The molecular weight excluding hydrogens is 262 g/mol. The molecule has 1 aliphatic heterocycles. The molecule has 2 N–H and O–H groups in total. The Labute approximate surface area is 131 Å². The number of hydrogen-bond acceptors (Lipinski definition) is 3. The van der Waals surface area contributed by atoms with Crippen molar-refractivity contribution in [1.29, 1.82) is 0 Å². The second-order valence-electron chi connectivity index (χ2n) is 6.55. The molecule has 3 nitrogen and oxygen atoms in total. The lowest BCUT2D eigenvalue weighted by molar-refractivity contribution is -0.0802. The maximum absolute atomic E-state index is 9.76. The van der Waals surface area contributed by atoms with E-state index in [9.17, 15) is 5.11 Å². The fourth-order valence-electron chi connectivity index (χ4n) is 3.08. The van der Waals surface area contributed by atoms with Crippen LogP contribution in [0.3, 0.4) is 0 Å². The standard InChI is InChI=1S/C18H37NO2/c1-2-3-4-5-6-7-8-9-10-11-12-13-14-18-17(20)15-19-16-21-18/h17-20H,2-16H2,1H3. The predicted octanol–water partition coefficient (Wildman–Crippen LogP) is 4.38. The molecule has 1 saturated heterocycles. The van der Waals surface area contributed by atoms with Crippen LogP contribution in [0, 0.1) is 0 Å². The summed E-state index contributed by atoms with van der Waals surface area (Å²) in [6.45, 7) is 3.56. The third kappa shape index (κ3) is 10.3. The van der Waals surface area contributed by atoms with E-state index in [0.717, 1.165) is 6.42 Å². The minimum atomic E-state index is -0.313. The van der Waals surface area contributed by atoms with E-state index in [1.54, 1.807) is 0 Å². The summed E-state index contributed by atoms with van der Waals surface area (Å²) >= 11 is 0. The van der Waals surface area contributed by atoms with E-state index in [4.69, 9.17) is 4.74 Å². The van der Waals surface area contributed by atoms with Gasteiger partial charge >= 0.3 is 0 Å². The molecule has 2 atom stereocenters. The van der Waals surface area contributed by atoms with Gasteiger partial charge in [-0.15, -0.1) is 0 Å².